The van der Waals surface area contributed by atoms with Crippen molar-refractivity contribution in [3.8, 4) is 5.75 Å². The largest absolute Gasteiger partial charge is 0.550 e. The second-order valence-electron chi connectivity index (χ2n) is 6.70. The van der Waals surface area contributed by atoms with E-state index < -0.39 is 23.7 Å². The van der Waals surface area contributed by atoms with Gasteiger partial charge in [-0.1, -0.05) is 30.4 Å². The van der Waals surface area contributed by atoms with Crippen LogP contribution in [-0.4, -0.2) is 24.9 Å². The minimum absolute atomic E-state index is 0.272. The Kier molecular flexibility index (Phi) is 6.29. The minimum Gasteiger partial charge on any atom is -0.550 e. The zero-order chi connectivity index (χ0) is 20.8. The van der Waals surface area contributed by atoms with E-state index in [1.54, 1.807) is 54.6 Å². The molecule has 2 amide bonds. The van der Waals surface area contributed by atoms with Crippen molar-refractivity contribution in [2.45, 2.75) is 12.8 Å². The second kappa shape index (κ2) is 9.05. The fourth-order valence-electron chi connectivity index (χ4n) is 3.26. The standard InChI is InChI=1S/C22H22N2O5/c1-29-19-13-15(23-21(26)16-9-5-6-10-17(16)22(27)28)11-12-18(19)24-20(25)14-7-3-2-4-8-14/h2-8,11-13,16-17H,9-10H2,1H3,(H,23,26)(H,24,25)(H,27,28)/p-1/t16-,17-/m0/s1. The molecule has 0 fully saturated rings. The Morgan fingerprint density at radius 2 is 1.66 bits per heavy atom. The number of amides is 2. The van der Waals surface area contributed by atoms with Crippen LogP contribution in [0.2, 0.25) is 0 Å². The summed E-state index contributed by atoms with van der Waals surface area (Å²) >= 11 is 0. The van der Waals surface area contributed by atoms with Crippen LogP contribution in [0.1, 0.15) is 23.2 Å². The lowest BCUT2D eigenvalue weighted by molar-refractivity contribution is -0.313. The number of hydrogen-bond acceptors (Lipinski definition) is 5. The summed E-state index contributed by atoms with van der Waals surface area (Å²) in [6.07, 6.45) is 4.16. The number of nitrogens with one attached hydrogen (secondary N) is 2. The molecule has 2 atom stereocenters. The van der Waals surface area contributed by atoms with E-state index >= 15 is 0 Å². The number of anilines is 2. The van der Waals surface area contributed by atoms with Crippen molar-refractivity contribution in [3.63, 3.8) is 0 Å². The number of ether oxygens (including phenoxy) is 1. The van der Waals surface area contributed by atoms with Gasteiger partial charge in [0.15, 0.2) is 0 Å². The van der Waals surface area contributed by atoms with Crippen molar-refractivity contribution in [2.75, 3.05) is 17.7 Å². The van der Waals surface area contributed by atoms with Crippen LogP contribution in [0.5, 0.6) is 5.75 Å². The molecular weight excluding hydrogens is 372 g/mol. The van der Waals surface area contributed by atoms with Gasteiger partial charge < -0.3 is 25.3 Å². The Bertz CT molecular complexity index is 939. The monoisotopic (exact) mass is 393 g/mol. The number of carboxylic acids is 1. The predicted molar refractivity (Wildman–Crippen MR) is 106 cm³/mol. The van der Waals surface area contributed by atoms with E-state index in [1.165, 1.54) is 7.11 Å². The van der Waals surface area contributed by atoms with Gasteiger partial charge in [-0.3, -0.25) is 9.59 Å². The number of rotatable bonds is 6. The Morgan fingerprint density at radius 1 is 0.966 bits per heavy atom. The molecule has 7 heteroatoms. The SMILES string of the molecule is COc1cc(NC(=O)[C@H]2CC=CC[C@@H]2C(=O)[O-])ccc1NC(=O)c1ccccc1. The molecule has 0 aliphatic heterocycles. The lowest BCUT2D eigenvalue weighted by Crippen LogP contribution is -2.41. The van der Waals surface area contributed by atoms with Crippen LogP contribution in [0.4, 0.5) is 11.4 Å². The summed E-state index contributed by atoms with van der Waals surface area (Å²) in [5, 5.41) is 16.8. The number of aliphatic carboxylic acids is 1. The first-order valence-corrected chi connectivity index (χ1v) is 9.20. The fraction of sp³-hybridized carbons (Fsp3) is 0.227. The summed E-state index contributed by atoms with van der Waals surface area (Å²) in [6, 6.07) is 13.6. The van der Waals surface area contributed by atoms with Crippen molar-refractivity contribution in [2.24, 2.45) is 11.8 Å². The van der Waals surface area contributed by atoms with Crippen LogP contribution >= 0.6 is 0 Å². The summed E-state index contributed by atoms with van der Waals surface area (Å²) in [4.78, 5) is 36.2. The van der Waals surface area contributed by atoms with Crippen LogP contribution in [0, 0.1) is 11.8 Å². The lowest BCUT2D eigenvalue weighted by atomic mass is 9.82. The minimum atomic E-state index is -1.23. The maximum Gasteiger partial charge on any atom is 0.255 e. The van der Waals surface area contributed by atoms with Crippen molar-refractivity contribution in [1.29, 1.82) is 0 Å². The van der Waals surface area contributed by atoms with E-state index in [2.05, 4.69) is 10.6 Å². The van der Waals surface area contributed by atoms with E-state index in [4.69, 9.17) is 4.74 Å². The highest BCUT2D eigenvalue weighted by Gasteiger charge is 2.30. The predicted octanol–water partition coefficient (Wildman–Crippen LogP) is 2.22. The number of carbonyl (C=O) groups excluding carboxylic acids is 3. The summed E-state index contributed by atoms with van der Waals surface area (Å²) in [5.41, 5.74) is 1.40. The molecule has 0 aromatic heterocycles. The van der Waals surface area contributed by atoms with Gasteiger partial charge in [0.2, 0.25) is 5.91 Å². The van der Waals surface area contributed by atoms with Gasteiger partial charge in [0.1, 0.15) is 5.75 Å². The van der Waals surface area contributed by atoms with Crippen LogP contribution in [0.15, 0.2) is 60.7 Å². The lowest BCUT2D eigenvalue weighted by Gasteiger charge is -2.28. The zero-order valence-corrected chi connectivity index (χ0v) is 15.9. The highest BCUT2D eigenvalue weighted by atomic mass is 16.5. The Morgan fingerprint density at radius 3 is 2.31 bits per heavy atom. The third-order valence-corrected chi connectivity index (χ3v) is 4.83. The molecular formula is C22H21N2O5-. The van der Waals surface area contributed by atoms with Crippen LogP contribution in [0.25, 0.3) is 0 Å². The third kappa shape index (κ3) is 4.82. The van der Waals surface area contributed by atoms with Crippen LogP contribution in [0.3, 0.4) is 0 Å². The van der Waals surface area contributed by atoms with Gasteiger partial charge in [-0.15, -0.1) is 0 Å². The van der Waals surface area contributed by atoms with Crippen molar-refractivity contribution in [1.82, 2.24) is 0 Å². The van der Waals surface area contributed by atoms with E-state index in [-0.39, 0.29) is 12.3 Å². The molecule has 0 heterocycles. The molecule has 0 spiro atoms. The molecule has 7 nitrogen and oxygen atoms in total. The molecule has 2 aromatic carbocycles. The topological polar surface area (TPSA) is 108 Å². The first-order valence-electron chi connectivity index (χ1n) is 9.20. The Balaban J connectivity index is 1.73. The molecule has 0 saturated heterocycles. The average molecular weight is 393 g/mol. The first-order chi connectivity index (χ1) is 14.0. The molecule has 0 saturated carbocycles. The summed E-state index contributed by atoms with van der Waals surface area (Å²) < 4.78 is 5.33. The molecule has 3 rings (SSSR count). The van der Waals surface area contributed by atoms with Gasteiger partial charge in [-0.2, -0.15) is 0 Å². The van der Waals surface area contributed by atoms with Gasteiger partial charge in [-0.05, 0) is 37.1 Å². The first kappa shape index (κ1) is 20.1. The van der Waals surface area contributed by atoms with Gasteiger partial charge in [0.05, 0.1) is 18.7 Å². The van der Waals surface area contributed by atoms with E-state index in [0.29, 0.717) is 29.1 Å². The number of carboxylic acid groups (broad SMARTS) is 1. The molecule has 1 aliphatic carbocycles. The Hall–Kier alpha value is -3.61. The molecule has 1 aliphatic rings. The van der Waals surface area contributed by atoms with Gasteiger partial charge >= 0.3 is 0 Å². The maximum atomic E-state index is 12.6. The molecule has 0 unspecified atom stereocenters. The molecule has 2 N–H and O–H groups in total. The molecule has 29 heavy (non-hydrogen) atoms. The zero-order valence-electron chi connectivity index (χ0n) is 15.9. The van der Waals surface area contributed by atoms with Crippen molar-refractivity contribution < 1.29 is 24.2 Å². The second-order valence-corrected chi connectivity index (χ2v) is 6.70. The van der Waals surface area contributed by atoms with Crippen molar-refractivity contribution in [3.05, 3.63) is 66.2 Å². The van der Waals surface area contributed by atoms with Crippen LogP contribution < -0.4 is 20.5 Å². The van der Waals surface area contributed by atoms with Crippen LogP contribution in [-0.2, 0) is 9.59 Å². The highest BCUT2D eigenvalue weighted by molar-refractivity contribution is 6.05. The highest BCUT2D eigenvalue weighted by Crippen LogP contribution is 2.30. The quantitative estimate of drug-likeness (QED) is 0.732. The Labute approximate surface area is 168 Å². The number of allylic oxidation sites excluding steroid dienone is 2. The van der Waals surface area contributed by atoms with E-state index in [0.717, 1.165) is 0 Å². The van der Waals surface area contributed by atoms with Gasteiger partial charge in [0, 0.05) is 29.2 Å². The van der Waals surface area contributed by atoms with Gasteiger partial charge in [-0.25, -0.2) is 0 Å². The molecule has 2 aromatic rings. The number of carbonyl (C=O) groups is 3. The van der Waals surface area contributed by atoms with E-state index in [1.807, 2.05) is 6.07 Å². The number of hydrogen-bond donors (Lipinski definition) is 2. The van der Waals surface area contributed by atoms with Crippen molar-refractivity contribution >= 4 is 29.2 Å². The summed E-state index contributed by atoms with van der Waals surface area (Å²) in [7, 11) is 1.46. The maximum absolute atomic E-state index is 12.6. The van der Waals surface area contributed by atoms with Gasteiger partial charge in [0.25, 0.3) is 5.91 Å². The number of methoxy groups -OCH3 is 1. The molecule has 0 radical (unpaired) electrons. The van der Waals surface area contributed by atoms with E-state index in [9.17, 15) is 19.5 Å². The normalized spacial score (nSPS) is 18.0. The molecule has 0 bridgehead atoms. The molecule has 150 valence electrons. The number of benzene rings is 2. The summed E-state index contributed by atoms with van der Waals surface area (Å²) in [5.74, 6) is -3.10. The third-order valence-electron chi connectivity index (χ3n) is 4.83. The average Bonchev–Trinajstić information content (AvgIpc) is 2.75. The fourth-order valence-corrected chi connectivity index (χ4v) is 3.26. The summed E-state index contributed by atoms with van der Waals surface area (Å²) in [6.45, 7) is 0. The smallest absolute Gasteiger partial charge is 0.255 e.